The van der Waals surface area contributed by atoms with Crippen LogP contribution in [-0.2, 0) is 9.05 Å². The van der Waals surface area contributed by atoms with Crippen molar-refractivity contribution in [1.82, 2.24) is 4.67 Å². The molecule has 4 nitrogen and oxygen atoms in total. The van der Waals surface area contributed by atoms with Crippen LogP contribution in [0.1, 0.15) is 37.0 Å². The number of hydrogen-bond donors (Lipinski definition) is 0. The molecule has 0 N–H and O–H groups in total. The lowest BCUT2D eigenvalue weighted by atomic mass is 9.88. The van der Waals surface area contributed by atoms with Crippen molar-refractivity contribution in [2.24, 2.45) is 0 Å². The number of allylic oxidation sites excluding steroid dienone is 2. The third-order valence-corrected chi connectivity index (χ3v) is 6.64. The van der Waals surface area contributed by atoms with E-state index in [9.17, 15) is 0 Å². The lowest BCUT2D eigenvalue weighted by Gasteiger charge is -2.23. The minimum atomic E-state index is -1.02. The number of likely N-dealkylation sites (N-methyl/N-ethyl adjacent to an activating group) is 1. The molecule has 35 heavy (non-hydrogen) atoms. The van der Waals surface area contributed by atoms with Gasteiger partial charge in [0, 0.05) is 20.8 Å². The average Bonchev–Trinajstić information content (AvgIpc) is 2.90. The molecule has 0 aliphatic heterocycles. The van der Waals surface area contributed by atoms with Gasteiger partial charge in [0.05, 0.1) is 0 Å². The molecule has 0 spiro atoms. The molecule has 0 aromatic heterocycles. The molecule has 0 amide bonds. The van der Waals surface area contributed by atoms with Crippen LogP contribution in [0.4, 0.5) is 0 Å². The Hall–Kier alpha value is -2.75. The van der Waals surface area contributed by atoms with E-state index in [4.69, 9.17) is 13.8 Å². The highest BCUT2D eigenvalue weighted by molar-refractivity contribution is 7.44. The van der Waals surface area contributed by atoms with Crippen molar-refractivity contribution in [2.75, 3.05) is 34.4 Å². The Bertz CT molecular complexity index is 1020. The van der Waals surface area contributed by atoms with Gasteiger partial charge in [-0.1, -0.05) is 85.8 Å². The quantitative estimate of drug-likeness (QED) is 0.154. The third-order valence-electron chi connectivity index (χ3n) is 5.26. The summed E-state index contributed by atoms with van der Waals surface area (Å²) < 4.78 is 18.6. The molecular formula is C30H38NO3P. The zero-order valence-electron chi connectivity index (χ0n) is 21.6. The minimum Gasteiger partial charge on any atom is -0.492 e. The van der Waals surface area contributed by atoms with E-state index in [-0.39, 0.29) is 0 Å². The van der Waals surface area contributed by atoms with Crippen molar-refractivity contribution in [2.45, 2.75) is 20.3 Å². The van der Waals surface area contributed by atoms with Crippen molar-refractivity contribution >= 4 is 19.7 Å². The molecule has 0 radical (unpaired) electrons. The van der Waals surface area contributed by atoms with E-state index in [1.54, 1.807) is 20.3 Å². The van der Waals surface area contributed by atoms with Gasteiger partial charge in [-0.25, -0.2) is 4.67 Å². The normalized spacial score (nSPS) is 11.5. The summed E-state index contributed by atoms with van der Waals surface area (Å²) in [6.45, 7) is 8.75. The third kappa shape index (κ3) is 8.76. The van der Waals surface area contributed by atoms with E-state index < -0.39 is 8.53 Å². The molecule has 3 rings (SSSR count). The maximum absolute atomic E-state index is 5.97. The average molecular weight is 492 g/mol. The number of hydrogen-bond acceptors (Lipinski definition) is 4. The van der Waals surface area contributed by atoms with Crippen LogP contribution in [-0.4, -0.2) is 39.1 Å². The first-order valence-electron chi connectivity index (χ1n) is 11.8. The standard InChI is InChI=1S/C27H32NO3P.C3H6/c1-5-26(22-12-8-6-9-13-22)27(23-14-10-7-11-15-23)24-16-18-25(19-17-24)31-21-20-28(2)32(29-3)30-4;1-3-2/h6-19H,5,20-21H2,1-4H3;3H,1H2,2H3/b27-26-;. The maximum atomic E-state index is 5.97. The van der Waals surface area contributed by atoms with Gasteiger partial charge in [0.1, 0.15) is 12.4 Å². The molecule has 0 aliphatic carbocycles. The molecule has 0 saturated carbocycles. The lowest BCUT2D eigenvalue weighted by molar-refractivity contribution is 0.247. The molecular weight excluding hydrogens is 453 g/mol. The van der Waals surface area contributed by atoms with Crippen molar-refractivity contribution in [3.63, 3.8) is 0 Å². The molecule has 5 heteroatoms. The molecule has 0 atom stereocenters. The lowest BCUT2D eigenvalue weighted by Crippen LogP contribution is -2.20. The van der Waals surface area contributed by atoms with Crippen molar-refractivity contribution in [3.8, 4) is 5.75 Å². The van der Waals surface area contributed by atoms with Gasteiger partial charge in [0.25, 0.3) is 8.53 Å². The van der Waals surface area contributed by atoms with Crippen LogP contribution in [0.25, 0.3) is 11.1 Å². The molecule has 0 aliphatic rings. The zero-order valence-corrected chi connectivity index (χ0v) is 22.5. The maximum Gasteiger partial charge on any atom is 0.257 e. The van der Waals surface area contributed by atoms with Crippen LogP contribution in [0.2, 0.25) is 0 Å². The molecule has 186 valence electrons. The fourth-order valence-corrected chi connectivity index (χ4v) is 4.68. The largest absolute Gasteiger partial charge is 0.492 e. The van der Waals surface area contributed by atoms with Crippen LogP contribution in [0, 0.1) is 0 Å². The van der Waals surface area contributed by atoms with Gasteiger partial charge < -0.3 is 13.8 Å². The van der Waals surface area contributed by atoms with Gasteiger partial charge in [0.2, 0.25) is 0 Å². The second-order valence-electron chi connectivity index (χ2n) is 7.70. The fraction of sp³-hybridized carbons (Fsp3) is 0.267. The summed E-state index contributed by atoms with van der Waals surface area (Å²) in [5.74, 6) is 0.853. The highest BCUT2D eigenvalue weighted by atomic mass is 31.2. The molecule has 0 unspecified atom stereocenters. The summed E-state index contributed by atoms with van der Waals surface area (Å²) in [6.07, 6.45) is 2.70. The van der Waals surface area contributed by atoms with Crippen molar-refractivity contribution in [3.05, 3.63) is 114 Å². The summed E-state index contributed by atoms with van der Waals surface area (Å²) in [7, 11) is 4.26. The second kappa shape index (κ2) is 16.0. The molecule has 0 fully saturated rings. The second-order valence-corrected chi connectivity index (χ2v) is 9.59. The van der Waals surface area contributed by atoms with Gasteiger partial charge in [-0.2, -0.15) is 0 Å². The molecule has 3 aromatic rings. The smallest absolute Gasteiger partial charge is 0.257 e. The predicted octanol–water partition coefficient (Wildman–Crippen LogP) is 8.08. The van der Waals surface area contributed by atoms with E-state index in [2.05, 4.69) is 86.3 Å². The van der Waals surface area contributed by atoms with Gasteiger partial charge in [-0.05, 0) is 60.4 Å². The Labute approximate surface area is 212 Å². The Morgan fingerprint density at radius 3 is 1.80 bits per heavy atom. The van der Waals surface area contributed by atoms with Gasteiger partial charge in [-0.3, -0.25) is 0 Å². The first-order valence-corrected chi connectivity index (χ1v) is 13.0. The van der Waals surface area contributed by atoms with Crippen LogP contribution in [0.15, 0.2) is 97.6 Å². The molecule has 0 saturated heterocycles. The molecule has 3 aromatic carbocycles. The van der Waals surface area contributed by atoms with E-state index in [1.165, 1.54) is 27.8 Å². The van der Waals surface area contributed by atoms with Gasteiger partial charge in [-0.15, -0.1) is 6.58 Å². The number of benzene rings is 3. The van der Waals surface area contributed by atoms with E-state index in [1.807, 2.05) is 30.8 Å². The molecule has 0 heterocycles. The molecule has 0 bridgehead atoms. The summed E-state index contributed by atoms with van der Waals surface area (Å²) in [5.41, 5.74) is 6.25. The highest BCUT2D eigenvalue weighted by Crippen LogP contribution is 2.39. The Kier molecular flexibility index (Phi) is 13.0. The van der Waals surface area contributed by atoms with E-state index >= 15 is 0 Å². The predicted molar refractivity (Wildman–Crippen MR) is 150 cm³/mol. The zero-order chi connectivity index (χ0) is 25.5. The van der Waals surface area contributed by atoms with Crippen LogP contribution < -0.4 is 4.74 Å². The first-order chi connectivity index (χ1) is 17.1. The topological polar surface area (TPSA) is 30.9 Å². The van der Waals surface area contributed by atoms with Gasteiger partial charge in [0.15, 0.2) is 0 Å². The summed E-state index contributed by atoms with van der Waals surface area (Å²) in [6, 6.07) is 29.6. The van der Waals surface area contributed by atoms with Crippen LogP contribution in [0.5, 0.6) is 5.75 Å². The van der Waals surface area contributed by atoms with E-state index in [0.717, 1.165) is 18.7 Å². The summed E-state index contributed by atoms with van der Waals surface area (Å²) in [4.78, 5) is 0. The van der Waals surface area contributed by atoms with Crippen LogP contribution >= 0.6 is 8.53 Å². The number of rotatable bonds is 11. The van der Waals surface area contributed by atoms with Crippen LogP contribution in [0.3, 0.4) is 0 Å². The Balaban J connectivity index is 0.00000137. The van der Waals surface area contributed by atoms with E-state index in [0.29, 0.717) is 6.61 Å². The Morgan fingerprint density at radius 1 is 0.829 bits per heavy atom. The number of nitrogens with zero attached hydrogens (tertiary/aromatic N) is 1. The SMILES string of the molecule is C=CC.CC/C(=C(\c1ccccc1)c1ccc(OCCN(C)P(OC)OC)cc1)c1ccccc1. The first kappa shape index (κ1) is 28.5. The van der Waals surface area contributed by atoms with Crippen molar-refractivity contribution < 1.29 is 13.8 Å². The summed E-state index contributed by atoms with van der Waals surface area (Å²) >= 11 is 0. The summed E-state index contributed by atoms with van der Waals surface area (Å²) in [5, 5.41) is 0. The van der Waals surface area contributed by atoms with Gasteiger partial charge >= 0.3 is 0 Å². The highest BCUT2D eigenvalue weighted by Gasteiger charge is 2.15. The van der Waals surface area contributed by atoms with Crippen molar-refractivity contribution in [1.29, 1.82) is 0 Å². The fourth-order valence-electron chi connectivity index (χ4n) is 3.73. The Morgan fingerprint density at radius 2 is 1.31 bits per heavy atom. The monoisotopic (exact) mass is 491 g/mol. The minimum absolute atomic E-state index is 0.563. The number of ether oxygens (including phenoxy) is 1.